The number of nitrogens with zero attached hydrogens (tertiary/aromatic N) is 2. The van der Waals surface area contributed by atoms with Gasteiger partial charge in [-0.05, 0) is 139 Å². The van der Waals surface area contributed by atoms with Gasteiger partial charge in [-0.2, -0.15) is 0 Å². The highest BCUT2D eigenvalue weighted by Gasteiger charge is 2.44. The van der Waals surface area contributed by atoms with E-state index in [2.05, 4.69) is 190 Å². The van der Waals surface area contributed by atoms with Crippen LogP contribution in [0, 0.1) is 41.5 Å². The van der Waals surface area contributed by atoms with Crippen LogP contribution in [0.4, 0.5) is 17.1 Å². The summed E-state index contributed by atoms with van der Waals surface area (Å²) in [6.45, 7) is 13.3. The first-order valence-electron chi connectivity index (χ1n) is 20.5. The zero-order valence-electron chi connectivity index (χ0n) is 33.7. The monoisotopic (exact) mass is 744 g/mol. The summed E-state index contributed by atoms with van der Waals surface area (Å²) < 4.78 is 9.48. The Hall–Kier alpha value is -6.78. The quantitative estimate of drug-likeness (QED) is 0.168. The van der Waals surface area contributed by atoms with Gasteiger partial charge in [0.05, 0.1) is 11.1 Å². The predicted molar refractivity (Wildman–Crippen MR) is 247 cm³/mol. The number of hydrogen-bond acceptors (Lipinski definition) is 2. The van der Waals surface area contributed by atoms with Crippen LogP contribution in [0.3, 0.4) is 0 Å². The first-order chi connectivity index (χ1) is 28.2. The summed E-state index contributed by atoms with van der Waals surface area (Å²) in [7, 11) is 0. The van der Waals surface area contributed by atoms with Crippen LogP contribution in [0.2, 0.25) is 0 Å². The minimum absolute atomic E-state index is 0.0743. The summed E-state index contributed by atoms with van der Waals surface area (Å²) in [6, 6.07) is 52.5. The van der Waals surface area contributed by atoms with E-state index in [1.165, 1.54) is 111 Å². The van der Waals surface area contributed by atoms with Gasteiger partial charge in [0.1, 0.15) is 11.2 Å². The summed E-state index contributed by atoms with van der Waals surface area (Å²) in [5, 5.41) is 4.85. The van der Waals surface area contributed by atoms with E-state index in [-0.39, 0.29) is 6.85 Å². The van der Waals surface area contributed by atoms with Crippen molar-refractivity contribution in [3.8, 4) is 33.4 Å². The minimum atomic E-state index is -0.0743. The van der Waals surface area contributed by atoms with Gasteiger partial charge < -0.3 is 13.8 Å². The van der Waals surface area contributed by atoms with Crippen LogP contribution in [-0.2, 0) is 0 Å². The molecule has 0 radical (unpaired) electrons. The molecule has 4 heterocycles. The topological polar surface area (TPSA) is 21.3 Å². The molecule has 0 spiro atoms. The predicted octanol–water partition coefficient (Wildman–Crippen LogP) is 13.3. The van der Waals surface area contributed by atoms with E-state index in [1.807, 2.05) is 0 Å². The first kappa shape index (κ1) is 33.4. The Morgan fingerprint density at radius 2 is 1.12 bits per heavy atom. The summed E-state index contributed by atoms with van der Waals surface area (Å²) in [5.74, 6) is 0. The fourth-order valence-electron chi connectivity index (χ4n) is 11.1. The van der Waals surface area contributed by atoms with E-state index in [0.29, 0.717) is 0 Å². The SMILES string of the molecule is Cc1cc(C)c(-c2ccc(N3c4ccc(-c5c(C)cc(C)cc5C)cc4B4c5c(cc6oc7ccccc7c6c53)-c3cccc5c6ccccc6n4c35)cc2)c(C)c1. The van der Waals surface area contributed by atoms with Crippen molar-refractivity contribution in [3.05, 3.63) is 173 Å². The highest BCUT2D eigenvalue weighted by Crippen LogP contribution is 2.50. The highest BCUT2D eigenvalue weighted by atomic mass is 16.3. The third kappa shape index (κ3) is 4.46. The Kier molecular flexibility index (Phi) is 6.83. The molecule has 0 fully saturated rings. The second-order valence-electron chi connectivity index (χ2n) is 16.9. The number of furan rings is 1. The molecule has 2 aliphatic heterocycles. The van der Waals surface area contributed by atoms with Crippen molar-refractivity contribution in [3.63, 3.8) is 0 Å². The zero-order valence-corrected chi connectivity index (χ0v) is 33.7. The van der Waals surface area contributed by atoms with E-state index in [4.69, 9.17) is 4.42 Å². The number of fused-ring (bicyclic) bond motifs is 11. The standard InChI is InChI=1S/C54H41BN2O/c1-30-24-32(3)49(33(4)25-30)36-18-21-38(22-19-36)56-46-23-20-37(50-34(5)26-31(2)27-35(50)6)28-44(46)55-52-43(29-48-51(54(52)56)42-13-8-10-17-47(42)58-48)41-15-11-14-40-39-12-7-9-16-45(39)57(55)53(40)41/h7-29H,1-6H3. The normalized spacial score (nSPS) is 12.9. The number of aromatic nitrogens is 1. The van der Waals surface area contributed by atoms with Crippen molar-refractivity contribution in [2.75, 3.05) is 4.90 Å². The maximum atomic E-state index is 6.83. The van der Waals surface area contributed by atoms with E-state index in [0.717, 1.165) is 27.6 Å². The van der Waals surface area contributed by atoms with Gasteiger partial charge in [-0.1, -0.05) is 114 Å². The minimum Gasteiger partial charge on any atom is -0.456 e. The Morgan fingerprint density at radius 1 is 0.500 bits per heavy atom. The number of para-hydroxylation sites is 3. The fourth-order valence-corrected chi connectivity index (χ4v) is 11.1. The summed E-state index contributed by atoms with van der Waals surface area (Å²) in [4.78, 5) is 2.54. The van der Waals surface area contributed by atoms with Crippen LogP contribution in [0.5, 0.6) is 0 Å². The molecule has 4 heteroatoms. The molecule has 0 amide bonds. The third-order valence-corrected chi connectivity index (χ3v) is 13.1. The van der Waals surface area contributed by atoms with Crippen molar-refractivity contribution in [1.82, 2.24) is 4.48 Å². The smallest absolute Gasteiger partial charge is 0.333 e. The molecule has 0 saturated carbocycles. The largest absolute Gasteiger partial charge is 0.456 e. The van der Waals surface area contributed by atoms with E-state index in [1.54, 1.807) is 0 Å². The molecule has 0 atom stereocenters. The molecule has 12 rings (SSSR count). The van der Waals surface area contributed by atoms with E-state index < -0.39 is 0 Å². The van der Waals surface area contributed by atoms with Crippen LogP contribution >= 0.6 is 0 Å². The van der Waals surface area contributed by atoms with Gasteiger partial charge in [-0.25, -0.2) is 0 Å². The van der Waals surface area contributed by atoms with Crippen molar-refractivity contribution in [2.24, 2.45) is 0 Å². The lowest BCUT2D eigenvalue weighted by Crippen LogP contribution is -2.56. The Bertz CT molecular complexity index is 3370. The molecule has 2 aromatic heterocycles. The summed E-state index contributed by atoms with van der Waals surface area (Å²) in [6.07, 6.45) is 0. The lowest BCUT2D eigenvalue weighted by atomic mass is 9.44. The molecule has 2 aliphatic rings. The zero-order chi connectivity index (χ0) is 39.1. The maximum absolute atomic E-state index is 6.83. The molecular weight excluding hydrogens is 703 g/mol. The average Bonchev–Trinajstić information content (AvgIpc) is 3.75. The van der Waals surface area contributed by atoms with Crippen LogP contribution in [0.25, 0.3) is 77.1 Å². The Balaban J connectivity index is 1.22. The highest BCUT2D eigenvalue weighted by molar-refractivity contribution is 6.90. The van der Waals surface area contributed by atoms with Gasteiger partial charge in [0.2, 0.25) is 0 Å². The lowest BCUT2D eigenvalue weighted by Gasteiger charge is -2.41. The molecule has 0 aliphatic carbocycles. The van der Waals surface area contributed by atoms with Crippen molar-refractivity contribution >= 4 is 78.6 Å². The van der Waals surface area contributed by atoms with Crippen molar-refractivity contribution in [1.29, 1.82) is 0 Å². The van der Waals surface area contributed by atoms with Crippen LogP contribution in [0.1, 0.15) is 33.4 Å². The Morgan fingerprint density at radius 3 is 1.84 bits per heavy atom. The van der Waals surface area contributed by atoms with E-state index in [9.17, 15) is 0 Å². The molecule has 3 nitrogen and oxygen atoms in total. The number of anilines is 3. The number of hydrogen-bond donors (Lipinski definition) is 0. The van der Waals surface area contributed by atoms with Gasteiger partial charge in [0.25, 0.3) is 0 Å². The summed E-state index contributed by atoms with van der Waals surface area (Å²) in [5.41, 5.74) is 25.9. The third-order valence-electron chi connectivity index (χ3n) is 13.1. The van der Waals surface area contributed by atoms with Gasteiger partial charge in [0.15, 0.2) is 0 Å². The molecule has 0 bridgehead atoms. The molecule has 0 unspecified atom stereocenters. The van der Waals surface area contributed by atoms with Crippen LogP contribution < -0.4 is 15.8 Å². The molecular formula is C54H41BN2O. The van der Waals surface area contributed by atoms with Gasteiger partial charge in [-0.3, -0.25) is 0 Å². The van der Waals surface area contributed by atoms with Crippen molar-refractivity contribution < 1.29 is 4.42 Å². The first-order valence-corrected chi connectivity index (χ1v) is 20.5. The molecule has 10 aromatic rings. The molecule has 0 saturated heterocycles. The maximum Gasteiger partial charge on any atom is 0.333 e. The fraction of sp³-hybridized carbons (Fsp3) is 0.111. The second-order valence-corrected chi connectivity index (χ2v) is 16.9. The van der Waals surface area contributed by atoms with Crippen LogP contribution in [0.15, 0.2) is 144 Å². The number of rotatable bonds is 3. The van der Waals surface area contributed by atoms with Gasteiger partial charge >= 0.3 is 6.85 Å². The number of aryl methyl sites for hydroxylation is 6. The average molecular weight is 745 g/mol. The van der Waals surface area contributed by atoms with Crippen molar-refractivity contribution in [2.45, 2.75) is 41.5 Å². The molecule has 8 aromatic carbocycles. The summed E-state index contributed by atoms with van der Waals surface area (Å²) >= 11 is 0. The molecule has 0 N–H and O–H groups in total. The molecule has 58 heavy (non-hydrogen) atoms. The van der Waals surface area contributed by atoms with E-state index >= 15 is 0 Å². The second kappa shape index (κ2) is 11.9. The van der Waals surface area contributed by atoms with Crippen LogP contribution in [-0.4, -0.2) is 11.3 Å². The van der Waals surface area contributed by atoms with Gasteiger partial charge in [-0.15, -0.1) is 0 Å². The molecule has 276 valence electrons. The Labute approximate surface area is 338 Å². The number of benzene rings is 8. The van der Waals surface area contributed by atoms with Gasteiger partial charge in [0, 0.05) is 44.1 Å². The lowest BCUT2D eigenvalue weighted by molar-refractivity contribution is 0.669.